The summed E-state index contributed by atoms with van der Waals surface area (Å²) in [5.74, 6) is 0.0755. The van der Waals surface area contributed by atoms with E-state index in [4.69, 9.17) is 29.1 Å². The van der Waals surface area contributed by atoms with Crippen molar-refractivity contribution in [2.45, 2.75) is 12.5 Å². The highest BCUT2D eigenvalue weighted by atomic mass is 32.1. The number of methoxy groups -OCH3 is 2. The topological polar surface area (TPSA) is 166 Å². The van der Waals surface area contributed by atoms with Gasteiger partial charge in [0.05, 0.1) is 32.1 Å². The molecule has 1 aromatic carbocycles. The zero-order valence-corrected chi connectivity index (χ0v) is 20.6. The number of amides is 1. The van der Waals surface area contributed by atoms with Crippen LogP contribution in [0.1, 0.15) is 17.0 Å². The number of nitrogens with zero attached hydrogens (tertiary/aromatic N) is 4. The van der Waals surface area contributed by atoms with E-state index in [1.54, 1.807) is 24.3 Å². The van der Waals surface area contributed by atoms with E-state index in [1.165, 1.54) is 31.2 Å². The van der Waals surface area contributed by atoms with Crippen LogP contribution in [0.2, 0.25) is 0 Å². The van der Waals surface area contributed by atoms with E-state index in [1.807, 2.05) is 0 Å². The number of hydrogen-bond acceptors (Lipinski definition) is 12. The molecule has 14 heteroatoms. The maximum Gasteiger partial charge on any atom is 0.379 e. The molecule has 192 valence electrons. The average molecular weight is 527 g/mol. The highest BCUT2D eigenvalue weighted by Crippen LogP contribution is 2.42. The fourth-order valence-corrected chi connectivity index (χ4v) is 4.33. The molecule has 37 heavy (non-hydrogen) atoms. The Kier molecular flexibility index (Phi) is 6.74. The largest absolute Gasteiger partial charge is 0.496 e. The zero-order chi connectivity index (χ0) is 25.9. The van der Waals surface area contributed by atoms with Gasteiger partial charge in [-0.3, -0.25) is 10.1 Å². The summed E-state index contributed by atoms with van der Waals surface area (Å²) in [5, 5.41) is 15.1. The first-order valence-corrected chi connectivity index (χ1v) is 11.9. The van der Waals surface area contributed by atoms with Gasteiger partial charge < -0.3 is 29.1 Å². The van der Waals surface area contributed by atoms with Crippen molar-refractivity contribution in [1.82, 2.24) is 20.0 Å². The number of carbonyl (C=O) groups excluding carboxylic acids is 1. The van der Waals surface area contributed by atoms with Crippen molar-refractivity contribution in [3.05, 3.63) is 52.7 Å². The summed E-state index contributed by atoms with van der Waals surface area (Å²) in [5.41, 5.74) is 5.68. The Bertz CT molecular complexity index is 1470. The maximum absolute atomic E-state index is 13.1. The lowest BCUT2D eigenvalue weighted by Gasteiger charge is -2.26. The number of nitrogens with two attached hydrogens (primary N) is 1. The Labute approximate surface area is 213 Å². The van der Waals surface area contributed by atoms with Crippen LogP contribution in [0, 0.1) is 0 Å². The van der Waals surface area contributed by atoms with Crippen LogP contribution in [0.25, 0.3) is 16.3 Å². The molecule has 1 fully saturated rings. The van der Waals surface area contributed by atoms with Crippen molar-refractivity contribution < 1.29 is 28.2 Å². The molecule has 13 nitrogen and oxygen atoms in total. The van der Waals surface area contributed by atoms with E-state index in [9.17, 15) is 9.59 Å². The molecule has 5 rings (SSSR count). The second kappa shape index (κ2) is 10.3. The number of nitrogens with one attached hydrogen (secondary N) is 1. The lowest BCUT2D eigenvalue weighted by molar-refractivity contribution is -0.0724. The van der Waals surface area contributed by atoms with Gasteiger partial charge in [-0.2, -0.15) is 9.78 Å². The first-order chi connectivity index (χ1) is 18.0. The molecule has 0 saturated carbocycles. The Balaban J connectivity index is 1.51. The van der Waals surface area contributed by atoms with Crippen molar-refractivity contribution in [2.24, 2.45) is 0 Å². The quantitative estimate of drug-likeness (QED) is 0.329. The van der Waals surface area contributed by atoms with Crippen LogP contribution in [0.5, 0.6) is 17.2 Å². The zero-order valence-electron chi connectivity index (χ0n) is 19.8. The van der Waals surface area contributed by atoms with Gasteiger partial charge in [-0.15, -0.1) is 10.2 Å². The highest BCUT2D eigenvalue weighted by molar-refractivity contribution is 7.17. The van der Waals surface area contributed by atoms with E-state index in [0.717, 1.165) is 17.8 Å². The minimum Gasteiger partial charge on any atom is -0.496 e. The van der Waals surface area contributed by atoms with Gasteiger partial charge in [-0.1, -0.05) is 17.4 Å². The summed E-state index contributed by atoms with van der Waals surface area (Å²) in [6.07, 6.45) is 2.19. The van der Waals surface area contributed by atoms with Gasteiger partial charge in [-0.05, 0) is 18.2 Å². The number of ether oxygens (including phenoxy) is 4. The molecular formula is C23H22N6O7S. The number of benzene rings is 1. The Morgan fingerprint density at radius 3 is 2.62 bits per heavy atom. The third kappa shape index (κ3) is 4.83. The smallest absolute Gasteiger partial charge is 0.379 e. The first kappa shape index (κ1) is 24.3. The van der Waals surface area contributed by atoms with Gasteiger partial charge in [0.25, 0.3) is 5.91 Å². The van der Waals surface area contributed by atoms with Crippen LogP contribution in [-0.2, 0) is 4.74 Å². The molecule has 0 aliphatic carbocycles. The van der Waals surface area contributed by atoms with Crippen molar-refractivity contribution in [2.75, 3.05) is 38.5 Å². The number of carbonyl (C=O) groups is 1. The molecule has 3 aromatic heterocycles. The summed E-state index contributed by atoms with van der Waals surface area (Å²) >= 11 is 1.04. The second-order valence-electron chi connectivity index (χ2n) is 7.78. The SMILES string of the molecule is COc1cccc(OC)c1-c1cc(C(=O)Nc2nnc(-n3nccc3N)s2)oc(=O)c1OC[C@H]1CCO1. The molecular weight excluding hydrogens is 504 g/mol. The number of rotatable bonds is 9. The van der Waals surface area contributed by atoms with Crippen molar-refractivity contribution in [1.29, 1.82) is 0 Å². The molecule has 1 aliphatic rings. The monoisotopic (exact) mass is 526 g/mol. The van der Waals surface area contributed by atoms with E-state index in [0.29, 0.717) is 34.6 Å². The second-order valence-corrected chi connectivity index (χ2v) is 8.74. The van der Waals surface area contributed by atoms with Gasteiger partial charge in [-0.25, -0.2) is 4.79 Å². The van der Waals surface area contributed by atoms with Crippen LogP contribution in [-0.4, -0.2) is 59.4 Å². The van der Waals surface area contributed by atoms with Crippen LogP contribution in [0.4, 0.5) is 10.9 Å². The van der Waals surface area contributed by atoms with Gasteiger partial charge in [0, 0.05) is 24.7 Å². The number of hydrogen-bond donors (Lipinski definition) is 2. The molecule has 0 bridgehead atoms. The highest BCUT2D eigenvalue weighted by Gasteiger charge is 2.26. The van der Waals surface area contributed by atoms with Crippen LogP contribution >= 0.6 is 11.3 Å². The molecule has 0 radical (unpaired) electrons. The molecule has 1 aliphatic heterocycles. The number of aromatic nitrogens is 4. The molecule has 4 heterocycles. The molecule has 1 saturated heterocycles. The van der Waals surface area contributed by atoms with E-state index < -0.39 is 11.5 Å². The minimum atomic E-state index is -0.850. The molecule has 0 unspecified atom stereocenters. The van der Waals surface area contributed by atoms with Crippen molar-refractivity contribution >= 4 is 28.2 Å². The minimum absolute atomic E-state index is 0.0952. The van der Waals surface area contributed by atoms with Crippen molar-refractivity contribution in [3.63, 3.8) is 0 Å². The van der Waals surface area contributed by atoms with Gasteiger partial charge in [0.1, 0.15) is 23.9 Å². The van der Waals surface area contributed by atoms with Gasteiger partial charge >= 0.3 is 5.63 Å². The third-order valence-electron chi connectivity index (χ3n) is 5.52. The van der Waals surface area contributed by atoms with Crippen LogP contribution in [0.3, 0.4) is 0 Å². The normalized spacial score (nSPS) is 14.6. The van der Waals surface area contributed by atoms with Gasteiger partial charge in [0.15, 0.2) is 5.76 Å². The lowest BCUT2D eigenvalue weighted by atomic mass is 10.0. The fourth-order valence-electron chi connectivity index (χ4n) is 3.61. The summed E-state index contributed by atoms with van der Waals surface area (Å²) in [6, 6.07) is 8.14. The predicted octanol–water partition coefficient (Wildman–Crippen LogP) is 2.36. The Morgan fingerprint density at radius 1 is 1.24 bits per heavy atom. The standard InChI is InChI=1S/C23H22N6O7S/c1-32-14-4-3-5-15(33-2)18(14)13-10-16(36-21(31)19(13)35-11-12-7-9-34-12)20(30)26-22-27-28-23(37-22)29-17(24)6-8-25-29/h3-6,8,10,12H,7,9,11,24H2,1-2H3,(H,26,27,30)/t12-/m1/s1. The first-order valence-electron chi connectivity index (χ1n) is 11.1. The van der Waals surface area contributed by atoms with E-state index in [2.05, 4.69) is 20.6 Å². The fraction of sp³-hybridized carbons (Fsp3) is 0.261. The van der Waals surface area contributed by atoms with Crippen LogP contribution in [0.15, 0.2) is 45.7 Å². The van der Waals surface area contributed by atoms with Gasteiger partial charge in [0.2, 0.25) is 16.0 Å². The molecule has 0 spiro atoms. The van der Waals surface area contributed by atoms with Crippen LogP contribution < -0.4 is 30.9 Å². The summed E-state index contributed by atoms with van der Waals surface area (Å²) in [6.45, 7) is 0.778. The predicted molar refractivity (Wildman–Crippen MR) is 133 cm³/mol. The van der Waals surface area contributed by atoms with E-state index in [-0.39, 0.29) is 34.9 Å². The average Bonchev–Trinajstić information content (AvgIpc) is 3.51. The van der Waals surface area contributed by atoms with E-state index >= 15 is 0 Å². The summed E-state index contributed by atoms with van der Waals surface area (Å²) in [4.78, 5) is 26.1. The molecule has 1 atom stereocenters. The maximum atomic E-state index is 13.1. The molecule has 4 aromatic rings. The van der Waals surface area contributed by atoms with Crippen molar-refractivity contribution in [3.8, 4) is 33.5 Å². The lowest BCUT2D eigenvalue weighted by Crippen LogP contribution is -2.33. The summed E-state index contributed by atoms with van der Waals surface area (Å²) < 4.78 is 28.9. The Hall–Kier alpha value is -4.43. The Morgan fingerprint density at radius 2 is 2.00 bits per heavy atom. The summed E-state index contributed by atoms with van der Waals surface area (Å²) in [7, 11) is 2.97. The number of nitrogen functional groups attached to an aromatic ring is 1. The molecule has 1 amide bonds. The third-order valence-corrected chi connectivity index (χ3v) is 6.34. The molecule has 3 N–H and O–H groups in total. The number of anilines is 2.